The second-order valence-corrected chi connectivity index (χ2v) is 4.60. The van der Waals surface area contributed by atoms with Gasteiger partial charge in [-0.15, -0.1) is 0 Å². The predicted octanol–water partition coefficient (Wildman–Crippen LogP) is 1.24. The summed E-state index contributed by atoms with van der Waals surface area (Å²) in [4.78, 5) is 12.0. The van der Waals surface area contributed by atoms with Crippen LogP contribution >= 0.6 is 0 Å². The maximum absolute atomic E-state index is 13.5. The van der Waals surface area contributed by atoms with E-state index in [1.54, 1.807) is 0 Å². The molecule has 1 aliphatic heterocycles. The van der Waals surface area contributed by atoms with Crippen LogP contribution < -0.4 is 5.32 Å². The Morgan fingerprint density at radius 1 is 1.32 bits per heavy atom. The number of hydrogen-bond acceptors (Lipinski definition) is 3. The number of amides is 1. The van der Waals surface area contributed by atoms with Crippen molar-refractivity contribution in [2.24, 2.45) is 0 Å². The third kappa shape index (κ3) is 2.90. The molecule has 0 aromatic heterocycles. The van der Waals surface area contributed by atoms with Gasteiger partial charge in [-0.1, -0.05) is 6.07 Å². The zero-order valence-corrected chi connectivity index (χ0v) is 10.3. The minimum Gasteiger partial charge on any atom is -0.394 e. The van der Waals surface area contributed by atoms with Gasteiger partial charge < -0.3 is 15.2 Å². The van der Waals surface area contributed by atoms with Crippen molar-refractivity contribution in [2.45, 2.75) is 18.4 Å². The van der Waals surface area contributed by atoms with Crippen LogP contribution in [0.1, 0.15) is 23.2 Å². The Kier molecular flexibility index (Phi) is 4.11. The Morgan fingerprint density at radius 3 is 2.42 bits per heavy atom. The second kappa shape index (κ2) is 5.63. The van der Waals surface area contributed by atoms with Gasteiger partial charge in [0.25, 0.3) is 5.91 Å². The molecular formula is C13H15F2NO3. The first kappa shape index (κ1) is 13.9. The number of hydrogen-bond donors (Lipinski definition) is 2. The van der Waals surface area contributed by atoms with Crippen molar-refractivity contribution < 1.29 is 23.4 Å². The topological polar surface area (TPSA) is 58.6 Å². The number of aliphatic hydroxyl groups excluding tert-OH is 1. The van der Waals surface area contributed by atoms with Gasteiger partial charge in [-0.2, -0.15) is 0 Å². The highest BCUT2D eigenvalue weighted by atomic mass is 19.1. The number of rotatable bonds is 3. The molecule has 1 heterocycles. The summed E-state index contributed by atoms with van der Waals surface area (Å²) < 4.78 is 32.1. The number of nitrogens with one attached hydrogen (secondary N) is 1. The van der Waals surface area contributed by atoms with E-state index in [0.717, 1.165) is 12.1 Å². The maximum atomic E-state index is 13.5. The average molecular weight is 271 g/mol. The van der Waals surface area contributed by atoms with Crippen LogP contribution in [-0.2, 0) is 4.74 Å². The molecule has 1 aromatic rings. The molecule has 0 atom stereocenters. The van der Waals surface area contributed by atoms with Crippen LogP contribution in [0.5, 0.6) is 0 Å². The Morgan fingerprint density at radius 2 is 1.89 bits per heavy atom. The van der Waals surface area contributed by atoms with E-state index in [0.29, 0.717) is 26.1 Å². The van der Waals surface area contributed by atoms with E-state index in [4.69, 9.17) is 4.74 Å². The van der Waals surface area contributed by atoms with E-state index in [-0.39, 0.29) is 6.61 Å². The zero-order valence-electron chi connectivity index (χ0n) is 10.3. The molecule has 4 nitrogen and oxygen atoms in total. The highest BCUT2D eigenvalue weighted by molar-refractivity contribution is 5.95. The molecule has 1 fully saturated rings. The quantitative estimate of drug-likeness (QED) is 0.869. The first-order valence-electron chi connectivity index (χ1n) is 6.03. The number of carbonyl (C=O) groups is 1. The minimum atomic E-state index is -0.919. The lowest BCUT2D eigenvalue weighted by Crippen LogP contribution is -2.54. The number of benzene rings is 1. The second-order valence-electron chi connectivity index (χ2n) is 4.60. The highest BCUT2D eigenvalue weighted by Crippen LogP contribution is 2.22. The summed E-state index contributed by atoms with van der Waals surface area (Å²) in [6.45, 7) is 0.485. The third-order valence-corrected chi connectivity index (χ3v) is 3.32. The van der Waals surface area contributed by atoms with Crippen LogP contribution in [0.25, 0.3) is 0 Å². The monoisotopic (exact) mass is 271 g/mol. The first-order chi connectivity index (χ1) is 9.08. The fourth-order valence-corrected chi connectivity index (χ4v) is 2.10. The van der Waals surface area contributed by atoms with Crippen molar-refractivity contribution in [1.29, 1.82) is 0 Å². The summed E-state index contributed by atoms with van der Waals surface area (Å²) in [6, 6.07) is 3.24. The van der Waals surface area contributed by atoms with E-state index >= 15 is 0 Å². The van der Waals surface area contributed by atoms with Crippen molar-refractivity contribution >= 4 is 5.91 Å². The lowest BCUT2D eigenvalue weighted by atomic mass is 9.90. The molecule has 2 rings (SSSR count). The van der Waals surface area contributed by atoms with Crippen molar-refractivity contribution in [2.75, 3.05) is 19.8 Å². The molecule has 0 spiro atoms. The van der Waals surface area contributed by atoms with E-state index in [2.05, 4.69) is 5.32 Å². The Labute approximate surface area is 109 Å². The van der Waals surface area contributed by atoms with Crippen molar-refractivity contribution in [3.8, 4) is 0 Å². The molecule has 19 heavy (non-hydrogen) atoms. The molecule has 1 saturated heterocycles. The first-order valence-corrected chi connectivity index (χ1v) is 6.03. The van der Waals surface area contributed by atoms with Crippen molar-refractivity contribution in [3.05, 3.63) is 35.4 Å². The summed E-state index contributed by atoms with van der Waals surface area (Å²) in [5.74, 6) is -2.69. The number of ether oxygens (including phenoxy) is 1. The predicted molar refractivity (Wildman–Crippen MR) is 63.7 cm³/mol. The Balaban J connectivity index is 2.20. The summed E-state index contributed by atoms with van der Waals surface area (Å²) in [5.41, 5.74) is -1.49. The smallest absolute Gasteiger partial charge is 0.257 e. The van der Waals surface area contributed by atoms with Gasteiger partial charge in [0.15, 0.2) is 0 Å². The fourth-order valence-electron chi connectivity index (χ4n) is 2.10. The van der Waals surface area contributed by atoms with Gasteiger partial charge in [0.1, 0.15) is 17.2 Å². The van der Waals surface area contributed by atoms with Crippen molar-refractivity contribution in [1.82, 2.24) is 5.32 Å². The molecule has 0 saturated carbocycles. The van der Waals surface area contributed by atoms with Gasteiger partial charge in [-0.3, -0.25) is 4.79 Å². The molecule has 0 radical (unpaired) electrons. The summed E-state index contributed by atoms with van der Waals surface area (Å²) in [7, 11) is 0. The summed E-state index contributed by atoms with van der Waals surface area (Å²) >= 11 is 0. The Bertz CT molecular complexity index is 453. The molecule has 2 N–H and O–H groups in total. The standard InChI is InChI=1S/C13H15F2NO3/c14-9-2-1-3-10(15)11(9)12(18)16-13(8-17)4-6-19-7-5-13/h1-3,17H,4-8H2,(H,16,18). The summed E-state index contributed by atoms with van der Waals surface area (Å²) in [6.07, 6.45) is 0.816. The van der Waals surface area contributed by atoms with Gasteiger partial charge >= 0.3 is 0 Å². The molecule has 0 unspecified atom stereocenters. The number of aliphatic hydroxyl groups is 1. The minimum absolute atomic E-state index is 0.293. The van der Waals surface area contributed by atoms with Gasteiger partial charge in [0.2, 0.25) is 0 Å². The van der Waals surface area contributed by atoms with Crippen LogP contribution in [0.4, 0.5) is 8.78 Å². The highest BCUT2D eigenvalue weighted by Gasteiger charge is 2.34. The van der Waals surface area contributed by atoms with Gasteiger partial charge in [-0.05, 0) is 25.0 Å². The molecular weight excluding hydrogens is 256 g/mol. The van der Waals surface area contributed by atoms with E-state index in [9.17, 15) is 18.7 Å². The van der Waals surface area contributed by atoms with Crippen LogP contribution in [-0.4, -0.2) is 36.4 Å². The Hall–Kier alpha value is -1.53. The maximum Gasteiger partial charge on any atom is 0.257 e. The van der Waals surface area contributed by atoms with Gasteiger partial charge in [-0.25, -0.2) is 8.78 Å². The molecule has 1 aliphatic rings. The van der Waals surface area contributed by atoms with Crippen LogP contribution in [0.15, 0.2) is 18.2 Å². The molecule has 104 valence electrons. The zero-order chi connectivity index (χ0) is 13.9. The van der Waals surface area contributed by atoms with E-state index < -0.39 is 28.6 Å². The molecule has 0 bridgehead atoms. The lowest BCUT2D eigenvalue weighted by Gasteiger charge is -2.36. The fraction of sp³-hybridized carbons (Fsp3) is 0.462. The summed E-state index contributed by atoms with van der Waals surface area (Å²) in [5, 5.41) is 11.9. The number of carbonyl (C=O) groups excluding carboxylic acids is 1. The lowest BCUT2D eigenvalue weighted by molar-refractivity contribution is 0.0124. The van der Waals surface area contributed by atoms with Crippen molar-refractivity contribution in [3.63, 3.8) is 0 Å². The van der Waals surface area contributed by atoms with Gasteiger partial charge in [0.05, 0.1) is 12.1 Å². The van der Waals surface area contributed by atoms with Crippen LogP contribution in [0, 0.1) is 11.6 Å². The van der Waals surface area contributed by atoms with Crippen LogP contribution in [0.3, 0.4) is 0 Å². The molecule has 1 aromatic carbocycles. The normalized spacial score (nSPS) is 18.1. The molecule has 6 heteroatoms. The SMILES string of the molecule is O=C(NC1(CO)CCOCC1)c1c(F)cccc1F. The molecule has 0 aliphatic carbocycles. The number of halogens is 2. The van der Waals surface area contributed by atoms with E-state index in [1.165, 1.54) is 6.07 Å². The largest absolute Gasteiger partial charge is 0.394 e. The van der Waals surface area contributed by atoms with Crippen LogP contribution in [0.2, 0.25) is 0 Å². The average Bonchev–Trinajstić information content (AvgIpc) is 2.39. The van der Waals surface area contributed by atoms with Gasteiger partial charge in [0, 0.05) is 13.2 Å². The van der Waals surface area contributed by atoms with E-state index in [1.807, 2.05) is 0 Å². The molecule has 1 amide bonds. The third-order valence-electron chi connectivity index (χ3n) is 3.32.